The van der Waals surface area contributed by atoms with E-state index in [1.807, 2.05) is 24.3 Å². The number of likely N-dealkylation sites (tertiary alicyclic amines) is 1. The van der Waals surface area contributed by atoms with E-state index >= 15 is 0 Å². The Bertz CT molecular complexity index is 1220. The molecule has 0 saturated carbocycles. The van der Waals surface area contributed by atoms with Gasteiger partial charge in [0.2, 0.25) is 11.8 Å². The summed E-state index contributed by atoms with van der Waals surface area (Å²) in [6.07, 6.45) is 1.12. The first-order valence-electron chi connectivity index (χ1n) is 11.7. The lowest BCUT2D eigenvalue weighted by atomic mass is 9.83. The van der Waals surface area contributed by atoms with Gasteiger partial charge in [-0.1, -0.05) is 24.3 Å². The molecule has 2 aromatic carbocycles. The van der Waals surface area contributed by atoms with Gasteiger partial charge < -0.3 is 9.84 Å². The second kappa shape index (κ2) is 8.90. The lowest BCUT2D eigenvalue weighted by Crippen LogP contribution is -2.54. The number of piperidine rings is 2. The van der Waals surface area contributed by atoms with Crippen LogP contribution in [0.1, 0.15) is 57.5 Å². The molecule has 4 amide bonds. The van der Waals surface area contributed by atoms with Crippen LogP contribution in [0, 0.1) is 0 Å². The largest absolute Gasteiger partial charge is 0.496 e. The van der Waals surface area contributed by atoms with Gasteiger partial charge in [-0.2, -0.15) is 0 Å². The molecule has 0 aromatic heterocycles. The smallest absolute Gasteiger partial charge is 0.262 e. The molecule has 0 aliphatic carbocycles. The molecule has 1 unspecified atom stereocenters. The number of amides is 4. The summed E-state index contributed by atoms with van der Waals surface area (Å²) >= 11 is 0. The Labute approximate surface area is 202 Å². The van der Waals surface area contributed by atoms with Crippen molar-refractivity contribution >= 4 is 23.6 Å². The van der Waals surface area contributed by atoms with E-state index < -0.39 is 35.3 Å². The molecule has 9 nitrogen and oxygen atoms in total. The first-order valence-corrected chi connectivity index (χ1v) is 11.7. The lowest BCUT2D eigenvalue weighted by molar-refractivity contribution is -0.136. The molecule has 0 radical (unpaired) electrons. The van der Waals surface area contributed by atoms with Crippen LogP contribution in [0.3, 0.4) is 0 Å². The summed E-state index contributed by atoms with van der Waals surface area (Å²) in [5.74, 6) is -1.35. The highest BCUT2D eigenvalue weighted by Crippen LogP contribution is 2.37. The highest BCUT2D eigenvalue weighted by Gasteiger charge is 2.45. The van der Waals surface area contributed by atoms with Crippen LogP contribution >= 0.6 is 0 Å². The van der Waals surface area contributed by atoms with E-state index in [1.54, 1.807) is 25.3 Å². The quantitative estimate of drug-likeness (QED) is 0.628. The SMILES string of the molecule is COc1ccccc1CN1CCC(O)(c2ccc3c(c2)C(=O)N(C2CCC(=O)NC2=O)C3=O)CC1. The fourth-order valence-corrected chi connectivity index (χ4v) is 5.20. The molecule has 35 heavy (non-hydrogen) atoms. The van der Waals surface area contributed by atoms with Crippen LogP contribution in [-0.4, -0.2) is 64.8 Å². The fraction of sp³-hybridized carbons (Fsp3) is 0.385. The van der Waals surface area contributed by atoms with Crippen molar-refractivity contribution in [1.82, 2.24) is 15.1 Å². The van der Waals surface area contributed by atoms with Crippen LogP contribution in [0.4, 0.5) is 0 Å². The van der Waals surface area contributed by atoms with Crippen molar-refractivity contribution in [2.45, 2.75) is 43.9 Å². The molecule has 1 atom stereocenters. The standard InChI is InChI=1S/C26H27N3O6/c1-35-21-5-3-2-4-16(21)15-28-12-10-26(34,11-13-28)17-6-7-18-19(14-17)25(33)29(24(18)32)20-8-9-22(30)27-23(20)31/h2-7,14,20,34H,8-13,15H2,1H3,(H,27,30,31). The maximum atomic E-state index is 13.1. The Morgan fingerprint density at radius 3 is 2.46 bits per heavy atom. The third kappa shape index (κ3) is 4.11. The zero-order valence-electron chi connectivity index (χ0n) is 19.5. The molecule has 9 heteroatoms. The van der Waals surface area contributed by atoms with Crippen molar-refractivity contribution in [3.63, 3.8) is 0 Å². The number of fused-ring (bicyclic) bond motifs is 1. The average Bonchev–Trinajstić information content (AvgIpc) is 3.10. The van der Waals surface area contributed by atoms with Crippen LogP contribution in [0.5, 0.6) is 5.75 Å². The van der Waals surface area contributed by atoms with Crippen molar-refractivity contribution in [3.8, 4) is 5.75 Å². The van der Waals surface area contributed by atoms with Crippen molar-refractivity contribution in [1.29, 1.82) is 0 Å². The van der Waals surface area contributed by atoms with E-state index in [-0.39, 0.29) is 24.0 Å². The first kappa shape index (κ1) is 23.2. The number of benzene rings is 2. The first-order chi connectivity index (χ1) is 16.8. The van der Waals surface area contributed by atoms with Crippen LogP contribution in [0.15, 0.2) is 42.5 Å². The van der Waals surface area contributed by atoms with Crippen LogP contribution in [-0.2, 0) is 21.7 Å². The van der Waals surface area contributed by atoms with Crippen LogP contribution in [0.25, 0.3) is 0 Å². The lowest BCUT2D eigenvalue weighted by Gasteiger charge is -2.38. The molecule has 2 aromatic rings. The van der Waals surface area contributed by atoms with Gasteiger partial charge in [-0.05, 0) is 43.0 Å². The summed E-state index contributed by atoms with van der Waals surface area (Å²) in [7, 11) is 1.65. The predicted molar refractivity (Wildman–Crippen MR) is 125 cm³/mol. The molecule has 2 fully saturated rings. The number of nitrogens with one attached hydrogen (secondary N) is 1. The highest BCUT2D eigenvalue weighted by atomic mass is 16.5. The fourth-order valence-electron chi connectivity index (χ4n) is 5.20. The summed E-state index contributed by atoms with van der Waals surface area (Å²) in [5, 5.41) is 13.6. The molecular formula is C26H27N3O6. The molecule has 182 valence electrons. The van der Waals surface area contributed by atoms with Crippen molar-refractivity contribution in [3.05, 3.63) is 64.7 Å². The number of imide groups is 2. The third-order valence-corrected chi connectivity index (χ3v) is 7.25. The number of hydrogen-bond donors (Lipinski definition) is 2. The highest BCUT2D eigenvalue weighted by molar-refractivity contribution is 6.23. The summed E-state index contributed by atoms with van der Waals surface area (Å²) < 4.78 is 5.44. The topological polar surface area (TPSA) is 116 Å². The van der Waals surface area contributed by atoms with Crippen molar-refractivity contribution in [2.24, 2.45) is 0 Å². The summed E-state index contributed by atoms with van der Waals surface area (Å²) in [4.78, 5) is 53.0. The van der Waals surface area contributed by atoms with Gasteiger partial charge in [0.25, 0.3) is 11.8 Å². The number of hydrogen-bond acceptors (Lipinski definition) is 7. The predicted octanol–water partition coefficient (Wildman–Crippen LogP) is 1.58. The van der Waals surface area contributed by atoms with Crippen LogP contribution in [0.2, 0.25) is 0 Å². The third-order valence-electron chi connectivity index (χ3n) is 7.25. The number of methoxy groups -OCH3 is 1. The van der Waals surface area contributed by atoms with E-state index in [1.165, 1.54) is 0 Å². The van der Waals surface area contributed by atoms with E-state index in [0.717, 1.165) is 16.2 Å². The second-order valence-corrected chi connectivity index (χ2v) is 9.33. The number of nitrogens with zero attached hydrogens (tertiary/aromatic N) is 2. The molecule has 2 N–H and O–H groups in total. The number of rotatable bonds is 5. The van der Waals surface area contributed by atoms with Crippen molar-refractivity contribution < 1.29 is 29.0 Å². The Morgan fingerprint density at radius 2 is 1.74 bits per heavy atom. The van der Waals surface area contributed by atoms with Crippen molar-refractivity contribution in [2.75, 3.05) is 20.2 Å². The average molecular weight is 478 g/mol. The van der Waals surface area contributed by atoms with Crippen LogP contribution < -0.4 is 10.1 Å². The molecule has 5 rings (SSSR count). The Kier molecular flexibility index (Phi) is 5.90. The van der Waals surface area contributed by atoms with Gasteiger partial charge in [0.05, 0.1) is 23.8 Å². The zero-order valence-corrected chi connectivity index (χ0v) is 19.5. The zero-order chi connectivity index (χ0) is 24.7. The minimum Gasteiger partial charge on any atom is -0.496 e. The monoisotopic (exact) mass is 477 g/mol. The van der Waals surface area contributed by atoms with Gasteiger partial charge in [-0.3, -0.25) is 34.3 Å². The molecular weight excluding hydrogens is 450 g/mol. The molecule has 0 bridgehead atoms. The molecule has 3 aliphatic heterocycles. The molecule has 3 aliphatic rings. The Morgan fingerprint density at radius 1 is 1.03 bits per heavy atom. The van der Waals surface area contributed by atoms with E-state index in [2.05, 4.69) is 10.2 Å². The normalized spacial score (nSPS) is 22.2. The Balaban J connectivity index is 1.31. The Hall–Kier alpha value is -3.56. The number of ether oxygens (including phenoxy) is 1. The number of carbonyl (C=O) groups is 4. The van der Waals surface area contributed by atoms with Gasteiger partial charge in [0.1, 0.15) is 11.8 Å². The van der Waals surface area contributed by atoms with Gasteiger partial charge >= 0.3 is 0 Å². The van der Waals surface area contributed by atoms with Gasteiger partial charge in [-0.15, -0.1) is 0 Å². The molecule has 0 spiro atoms. The van der Waals surface area contributed by atoms with E-state index in [9.17, 15) is 24.3 Å². The maximum absolute atomic E-state index is 13.1. The number of carbonyl (C=O) groups excluding carboxylic acids is 4. The minimum atomic E-state index is -1.13. The summed E-state index contributed by atoms with van der Waals surface area (Å²) in [6.45, 7) is 2.01. The number of aliphatic hydroxyl groups is 1. The minimum absolute atomic E-state index is 0.0696. The van der Waals surface area contributed by atoms with Gasteiger partial charge in [-0.25, -0.2) is 0 Å². The summed E-state index contributed by atoms with van der Waals surface area (Å²) in [5.41, 5.74) is 0.926. The van der Waals surface area contributed by atoms with Gasteiger partial charge in [0.15, 0.2) is 0 Å². The maximum Gasteiger partial charge on any atom is 0.262 e. The van der Waals surface area contributed by atoms with Gasteiger partial charge in [0, 0.05) is 31.6 Å². The second-order valence-electron chi connectivity index (χ2n) is 9.33. The molecule has 3 heterocycles. The number of para-hydroxylation sites is 1. The van der Waals surface area contributed by atoms with E-state index in [4.69, 9.17) is 4.74 Å². The van der Waals surface area contributed by atoms with E-state index in [0.29, 0.717) is 38.0 Å². The molecule has 2 saturated heterocycles. The summed E-state index contributed by atoms with van der Waals surface area (Å²) in [6, 6.07) is 11.7.